The topological polar surface area (TPSA) is 66.4 Å². The summed E-state index contributed by atoms with van der Waals surface area (Å²) < 4.78 is 0. The molecule has 0 bridgehead atoms. The Morgan fingerprint density at radius 3 is 2.47 bits per heavy atom. The van der Waals surface area contributed by atoms with Crippen molar-refractivity contribution in [3.63, 3.8) is 0 Å². The van der Waals surface area contributed by atoms with Gasteiger partial charge in [-0.05, 0) is 26.0 Å². The van der Waals surface area contributed by atoms with Crippen LogP contribution < -0.4 is 5.32 Å². The van der Waals surface area contributed by atoms with E-state index in [1.807, 2.05) is 0 Å². The van der Waals surface area contributed by atoms with E-state index in [4.69, 9.17) is 5.11 Å². The summed E-state index contributed by atoms with van der Waals surface area (Å²) in [5, 5.41) is 11.4. The zero-order valence-electron chi connectivity index (χ0n) is 9.45. The lowest BCUT2D eigenvalue weighted by Crippen LogP contribution is -2.40. The zero-order valence-corrected chi connectivity index (χ0v) is 10.3. The molecular formula is C10H19NO3S. The van der Waals surface area contributed by atoms with Crippen LogP contribution in [0.2, 0.25) is 0 Å². The first kappa shape index (κ1) is 14.3. The van der Waals surface area contributed by atoms with Crippen molar-refractivity contribution in [1.82, 2.24) is 5.32 Å². The van der Waals surface area contributed by atoms with Gasteiger partial charge in [-0.2, -0.15) is 11.8 Å². The van der Waals surface area contributed by atoms with Crippen LogP contribution in [0.4, 0.5) is 0 Å². The zero-order chi connectivity index (χ0) is 11.8. The normalized spacial score (nSPS) is 14.3. The monoisotopic (exact) mass is 233 g/mol. The first-order valence-corrected chi connectivity index (χ1v) is 6.24. The van der Waals surface area contributed by atoms with Crippen molar-refractivity contribution in [3.8, 4) is 0 Å². The summed E-state index contributed by atoms with van der Waals surface area (Å²) >= 11 is 1.56. The Bertz CT molecular complexity index is 221. The Morgan fingerprint density at radius 1 is 1.40 bits per heavy atom. The number of aliphatic carboxylic acids is 1. The van der Waals surface area contributed by atoms with E-state index in [-0.39, 0.29) is 11.9 Å². The Kier molecular flexibility index (Phi) is 7.21. The number of rotatable bonds is 7. The Morgan fingerprint density at radius 2 is 2.00 bits per heavy atom. The number of carboxylic acid groups (broad SMARTS) is 1. The fourth-order valence-corrected chi connectivity index (χ4v) is 1.65. The molecule has 15 heavy (non-hydrogen) atoms. The molecule has 0 aliphatic rings. The molecule has 4 nitrogen and oxygen atoms in total. The van der Waals surface area contributed by atoms with E-state index in [9.17, 15) is 9.59 Å². The molecule has 5 heteroatoms. The van der Waals surface area contributed by atoms with Crippen LogP contribution >= 0.6 is 11.8 Å². The summed E-state index contributed by atoms with van der Waals surface area (Å²) in [6.45, 7) is 5.35. The maximum Gasteiger partial charge on any atom is 0.308 e. The van der Waals surface area contributed by atoms with Crippen LogP contribution in [0.3, 0.4) is 0 Å². The van der Waals surface area contributed by atoms with Crippen LogP contribution in [0.1, 0.15) is 27.2 Å². The first-order valence-electron chi connectivity index (χ1n) is 5.09. The van der Waals surface area contributed by atoms with Gasteiger partial charge in [0.15, 0.2) is 0 Å². The van der Waals surface area contributed by atoms with Crippen LogP contribution in [0, 0.1) is 5.92 Å². The molecule has 0 spiro atoms. The second-order valence-electron chi connectivity index (χ2n) is 3.54. The fraction of sp³-hybridized carbons (Fsp3) is 0.800. The second kappa shape index (κ2) is 7.56. The van der Waals surface area contributed by atoms with Gasteiger partial charge >= 0.3 is 5.97 Å². The third kappa shape index (κ3) is 6.38. The quantitative estimate of drug-likeness (QED) is 0.651. The molecule has 0 rings (SSSR count). The predicted octanol–water partition coefficient (Wildman–Crippen LogP) is 1.35. The molecule has 0 radical (unpaired) electrons. The highest BCUT2D eigenvalue weighted by atomic mass is 32.2. The van der Waals surface area contributed by atoms with E-state index < -0.39 is 11.9 Å². The molecule has 0 fully saturated rings. The molecule has 1 amide bonds. The summed E-state index contributed by atoms with van der Waals surface area (Å²) in [4.78, 5) is 22.0. The minimum absolute atomic E-state index is 0.0888. The summed E-state index contributed by atoms with van der Waals surface area (Å²) in [6.07, 6.45) is 1.04. The van der Waals surface area contributed by atoms with Crippen molar-refractivity contribution in [2.24, 2.45) is 5.92 Å². The number of hydrogen-bond donors (Lipinski definition) is 2. The number of thioether (sulfide) groups is 1. The number of carboxylic acids is 1. The minimum Gasteiger partial charge on any atom is -0.481 e. The lowest BCUT2D eigenvalue weighted by molar-refractivity contribution is -0.142. The molecule has 2 unspecified atom stereocenters. The van der Waals surface area contributed by atoms with E-state index in [0.29, 0.717) is 5.75 Å². The maximum absolute atomic E-state index is 11.3. The SMILES string of the molecule is CCCSCC(=O)NC(C)C(C)C(=O)O. The van der Waals surface area contributed by atoms with Gasteiger partial charge in [-0.15, -0.1) is 0 Å². The molecule has 0 aliphatic carbocycles. The Hall–Kier alpha value is -0.710. The van der Waals surface area contributed by atoms with Gasteiger partial charge in [-0.1, -0.05) is 6.92 Å². The smallest absolute Gasteiger partial charge is 0.308 e. The van der Waals surface area contributed by atoms with E-state index in [1.165, 1.54) is 0 Å². The van der Waals surface area contributed by atoms with E-state index in [0.717, 1.165) is 12.2 Å². The average Bonchev–Trinajstić information content (AvgIpc) is 2.16. The number of amides is 1. The average molecular weight is 233 g/mol. The largest absolute Gasteiger partial charge is 0.481 e. The summed E-state index contributed by atoms with van der Waals surface area (Å²) in [5.74, 6) is -0.163. The lowest BCUT2D eigenvalue weighted by Gasteiger charge is -2.17. The molecule has 0 aromatic rings. The van der Waals surface area contributed by atoms with Gasteiger partial charge < -0.3 is 10.4 Å². The van der Waals surface area contributed by atoms with Crippen molar-refractivity contribution in [2.45, 2.75) is 33.2 Å². The van der Waals surface area contributed by atoms with Crippen LogP contribution in [0.15, 0.2) is 0 Å². The molecule has 0 saturated carbocycles. The van der Waals surface area contributed by atoms with Gasteiger partial charge in [0.2, 0.25) is 5.91 Å². The molecule has 88 valence electrons. The van der Waals surface area contributed by atoms with Gasteiger partial charge in [0.05, 0.1) is 11.7 Å². The Labute approximate surface area is 94.8 Å². The third-order valence-electron chi connectivity index (χ3n) is 2.11. The first-order chi connectivity index (χ1) is 6.99. The fourth-order valence-electron chi connectivity index (χ4n) is 0.944. The summed E-state index contributed by atoms with van der Waals surface area (Å²) in [6, 6.07) is -0.322. The van der Waals surface area contributed by atoms with E-state index >= 15 is 0 Å². The van der Waals surface area contributed by atoms with E-state index in [1.54, 1.807) is 25.6 Å². The number of carbonyl (C=O) groups is 2. The van der Waals surface area contributed by atoms with Crippen molar-refractivity contribution >= 4 is 23.6 Å². The van der Waals surface area contributed by atoms with Crippen LogP contribution in [0.25, 0.3) is 0 Å². The number of nitrogens with one attached hydrogen (secondary N) is 1. The van der Waals surface area contributed by atoms with Gasteiger partial charge in [-0.3, -0.25) is 9.59 Å². The lowest BCUT2D eigenvalue weighted by atomic mass is 10.0. The van der Waals surface area contributed by atoms with Crippen LogP contribution in [-0.4, -0.2) is 34.5 Å². The summed E-state index contributed by atoms with van der Waals surface area (Å²) in [5.41, 5.74) is 0. The molecule has 2 atom stereocenters. The number of hydrogen-bond acceptors (Lipinski definition) is 3. The molecule has 0 heterocycles. The molecule has 0 aromatic heterocycles. The summed E-state index contributed by atoms with van der Waals surface area (Å²) in [7, 11) is 0. The molecule has 2 N–H and O–H groups in total. The number of carbonyl (C=O) groups excluding carboxylic acids is 1. The highest BCUT2D eigenvalue weighted by Crippen LogP contribution is 2.04. The second-order valence-corrected chi connectivity index (χ2v) is 4.64. The predicted molar refractivity (Wildman–Crippen MR) is 62.0 cm³/mol. The van der Waals surface area contributed by atoms with Crippen LogP contribution in [0.5, 0.6) is 0 Å². The van der Waals surface area contributed by atoms with Gasteiger partial charge in [0.25, 0.3) is 0 Å². The van der Waals surface area contributed by atoms with Gasteiger partial charge in [0.1, 0.15) is 0 Å². The van der Waals surface area contributed by atoms with E-state index in [2.05, 4.69) is 12.2 Å². The van der Waals surface area contributed by atoms with Crippen molar-refractivity contribution in [2.75, 3.05) is 11.5 Å². The van der Waals surface area contributed by atoms with Crippen molar-refractivity contribution in [3.05, 3.63) is 0 Å². The highest BCUT2D eigenvalue weighted by Gasteiger charge is 2.20. The van der Waals surface area contributed by atoms with Gasteiger partial charge in [-0.25, -0.2) is 0 Å². The van der Waals surface area contributed by atoms with Crippen LogP contribution in [-0.2, 0) is 9.59 Å². The maximum atomic E-state index is 11.3. The molecule has 0 aliphatic heterocycles. The highest BCUT2D eigenvalue weighted by molar-refractivity contribution is 7.99. The third-order valence-corrected chi connectivity index (χ3v) is 3.27. The molecule has 0 saturated heterocycles. The van der Waals surface area contributed by atoms with Crippen molar-refractivity contribution < 1.29 is 14.7 Å². The van der Waals surface area contributed by atoms with Crippen molar-refractivity contribution in [1.29, 1.82) is 0 Å². The minimum atomic E-state index is -0.885. The Balaban J connectivity index is 3.80. The van der Waals surface area contributed by atoms with Gasteiger partial charge in [0, 0.05) is 6.04 Å². The molecular weight excluding hydrogens is 214 g/mol. The molecule has 0 aromatic carbocycles. The standard InChI is InChI=1S/C10H19NO3S/c1-4-5-15-6-9(12)11-8(3)7(2)10(13)14/h7-8H,4-6H2,1-3H3,(H,11,12)(H,13,14).